The molecule has 2 aliphatic rings. The average Bonchev–Trinajstić information content (AvgIpc) is 3.24. The lowest BCUT2D eigenvalue weighted by molar-refractivity contribution is -0.134. The van der Waals surface area contributed by atoms with Gasteiger partial charge < -0.3 is 20.9 Å². The van der Waals surface area contributed by atoms with Crippen molar-refractivity contribution in [2.75, 3.05) is 12.4 Å². The largest absolute Gasteiger partial charge is 0.427 e. The number of fused-ring (bicyclic) bond motifs is 1. The van der Waals surface area contributed by atoms with Crippen LogP contribution in [0.5, 0.6) is 5.75 Å². The smallest absolute Gasteiger partial charge is 0.311 e. The van der Waals surface area contributed by atoms with Gasteiger partial charge in [0.05, 0.1) is 18.6 Å². The van der Waals surface area contributed by atoms with Gasteiger partial charge in [0.2, 0.25) is 5.91 Å². The maximum atomic E-state index is 12.7. The number of unbranched alkanes of at least 4 members (excludes halogenated alkanes) is 1. The van der Waals surface area contributed by atoms with E-state index in [4.69, 9.17) is 10.5 Å². The lowest BCUT2D eigenvalue weighted by Crippen LogP contribution is -2.48. The molecule has 0 aromatic heterocycles. The molecule has 4 N–H and O–H groups in total. The Bertz CT molecular complexity index is 768. The molecule has 0 spiro atoms. The Balaban J connectivity index is 1.65. The number of aliphatic hydroxyl groups excluding tert-OH is 1. The quantitative estimate of drug-likeness (QED) is 0.233. The molecule has 2 unspecified atom stereocenters. The lowest BCUT2D eigenvalue weighted by atomic mass is 9.80. The summed E-state index contributed by atoms with van der Waals surface area (Å²) in [6, 6.07) is 4.61. The first-order chi connectivity index (χ1) is 14.9. The van der Waals surface area contributed by atoms with Crippen LogP contribution < -0.4 is 15.8 Å². The Labute approximate surface area is 192 Å². The molecule has 1 aromatic rings. The Kier molecular flexibility index (Phi) is 9.13. The Hall–Kier alpha value is -1.22. The van der Waals surface area contributed by atoms with Crippen molar-refractivity contribution in [2.24, 2.45) is 17.6 Å². The van der Waals surface area contributed by atoms with Gasteiger partial charge in [0.25, 0.3) is 0 Å². The first kappa shape index (κ1) is 24.4. The second kappa shape index (κ2) is 11.6. The van der Waals surface area contributed by atoms with Gasteiger partial charge in [-0.25, -0.2) is 0 Å². The van der Waals surface area contributed by atoms with Gasteiger partial charge in [0.1, 0.15) is 5.75 Å². The summed E-state index contributed by atoms with van der Waals surface area (Å²) in [6.07, 6.45) is 5.18. The van der Waals surface area contributed by atoms with Crippen molar-refractivity contribution >= 4 is 33.5 Å². The van der Waals surface area contributed by atoms with Crippen LogP contribution in [0.25, 0.3) is 0 Å². The zero-order valence-corrected chi connectivity index (χ0v) is 20.0. The van der Waals surface area contributed by atoms with Crippen molar-refractivity contribution in [2.45, 2.75) is 69.7 Å². The Morgan fingerprint density at radius 3 is 2.84 bits per heavy atom. The third kappa shape index (κ3) is 6.63. The molecular weight excluding hydrogens is 432 g/mol. The molecule has 1 aromatic carbocycles. The fourth-order valence-corrected chi connectivity index (χ4v) is 7.35. The molecule has 2 aliphatic heterocycles. The van der Waals surface area contributed by atoms with E-state index in [1.54, 1.807) is 12.1 Å². The van der Waals surface area contributed by atoms with Crippen LogP contribution in [-0.2, 0) is 16.0 Å². The van der Waals surface area contributed by atoms with Gasteiger partial charge in [-0.1, -0.05) is 47.9 Å². The highest BCUT2D eigenvalue weighted by Crippen LogP contribution is 2.40. The summed E-state index contributed by atoms with van der Waals surface area (Å²) >= 11 is 0. The van der Waals surface area contributed by atoms with Crippen molar-refractivity contribution < 1.29 is 19.4 Å². The highest BCUT2D eigenvalue weighted by atomic mass is 33.1. The molecule has 2 heterocycles. The number of carbonyl (C=O) groups is 2. The van der Waals surface area contributed by atoms with Crippen LogP contribution in [0.1, 0.15) is 63.1 Å². The number of nitrogens with two attached hydrogens (primary N) is 1. The molecule has 172 valence electrons. The van der Waals surface area contributed by atoms with Crippen LogP contribution >= 0.6 is 21.6 Å². The number of hydrogen-bond donors (Lipinski definition) is 3. The number of hydrogen-bond acceptors (Lipinski definition) is 7. The molecule has 1 saturated heterocycles. The van der Waals surface area contributed by atoms with E-state index < -0.39 is 12.0 Å². The van der Waals surface area contributed by atoms with Crippen molar-refractivity contribution in [3.63, 3.8) is 0 Å². The van der Waals surface area contributed by atoms with E-state index in [1.165, 1.54) is 12.2 Å². The van der Waals surface area contributed by atoms with Crippen molar-refractivity contribution in [3.05, 3.63) is 29.3 Å². The zero-order valence-electron chi connectivity index (χ0n) is 18.3. The highest BCUT2D eigenvalue weighted by Gasteiger charge is 2.34. The Morgan fingerprint density at radius 1 is 1.35 bits per heavy atom. The van der Waals surface area contributed by atoms with Crippen LogP contribution in [0.3, 0.4) is 0 Å². The van der Waals surface area contributed by atoms with E-state index in [2.05, 4.69) is 5.32 Å². The van der Waals surface area contributed by atoms with E-state index in [-0.39, 0.29) is 30.4 Å². The molecule has 0 aliphatic carbocycles. The van der Waals surface area contributed by atoms with Crippen molar-refractivity contribution in [1.29, 1.82) is 0 Å². The summed E-state index contributed by atoms with van der Waals surface area (Å²) in [4.78, 5) is 25.1. The number of aliphatic hydroxyl groups is 1. The highest BCUT2D eigenvalue weighted by molar-refractivity contribution is 8.77. The van der Waals surface area contributed by atoms with Crippen LogP contribution in [-0.4, -0.2) is 40.6 Å². The van der Waals surface area contributed by atoms with Gasteiger partial charge in [0, 0.05) is 23.5 Å². The summed E-state index contributed by atoms with van der Waals surface area (Å²) in [5.41, 5.74) is 8.30. The normalized spacial score (nSPS) is 26.2. The summed E-state index contributed by atoms with van der Waals surface area (Å²) in [6.45, 7) is 3.79. The fourth-order valence-electron chi connectivity index (χ4n) is 4.32. The topological polar surface area (TPSA) is 102 Å². The molecule has 1 amide bonds. The van der Waals surface area contributed by atoms with Crippen molar-refractivity contribution in [1.82, 2.24) is 5.32 Å². The maximum Gasteiger partial charge on any atom is 0.311 e. The van der Waals surface area contributed by atoms with Crippen LogP contribution in [0.2, 0.25) is 0 Å². The summed E-state index contributed by atoms with van der Waals surface area (Å²) in [5, 5.41) is 13.3. The fraction of sp³-hybridized carbons (Fsp3) is 0.652. The molecule has 6 nitrogen and oxygen atoms in total. The average molecular weight is 467 g/mol. The predicted octanol–water partition coefficient (Wildman–Crippen LogP) is 3.61. The molecule has 3 rings (SSSR count). The van der Waals surface area contributed by atoms with E-state index in [1.807, 2.05) is 41.5 Å². The minimum atomic E-state index is -0.505. The van der Waals surface area contributed by atoms with Gasteiger partial charge >= 0.3 is 5.97 Å². The summed E-state index contributed by atoms with van der Waals surface area (Å²) in [7, 11) is 3.91. The minimum Gasteiger partial charge on any atom is -0.427 e. The molecule has 0 bridgehead atoms. The maximum absolute atomic E-state index is 12.7. The third-order valence-electron chi connectivity index (χ3n) is 6.03. The number of nitrogens with one attached hydrogen (secondary N) is 1. The van der Waals surface area contributed by atoms with Crippen molar-refractivity contribution in [3.8, 4) is 5.75 Å². The first-order valence-electron chi connectivity index (χ1n) is 11.2. The monoisotopic (exact) mass is 466 g/mol. The standard InChI is InChI=1S/C23H34N2O4S2/c1-14(2)21-22(24)19-12-17(8-7-15(19)11-16(13-26)25-23(21)28)29-20(27)6-4-3-5-18-9-10-30-31-18/h7-8,12,14,16,18,21-22,26H,3-6,9-11,13,24H2,1-2H3,(H,25,28)/t16-,18?,21+,22?/m0/s1. The summed E-state index contributed by atoms with van der Waals surface area (Å²) < 4.78 is 5.59. The number of rotatable bonds is 8. The molecular formula is C23H34N2O4S2. The van der Waals surface area contributed by atoms with Gasteiger partial charge in [-0.05, 0) is 54.9 Å². The number of carbonyl (C=O) groups excluding carboxylic acids is 2. The van der Waals surface area contributed by atoms with Gasteiger partial charge in [-0.2, -0.15) is 0 Å². The molecule has 1 fully saturated rings. The number of ether oxygens (including phenoxy) is 1. The number of esters is 1. The van der Waals surface area contributed by atoms with E-state index in [9.17, 15) is 14.7 Å². The van der Waals surface area contributed by atoms with E-state index in [0.717, 1.165) is 35.6 Å². The molecule has 0 saturated carbocycles. The SMILES string of the molecule is CC(C)[C@H]1C(=O)N[C@H](CO)Cc2ccc(OC(=O)CCCCC3CCSS3)cc2C1N. The van der Waals surface area contributed by atoms with Gasteiger partial charge in [-0.3, -0.25) is 9.59 Å². The predicted molar refractivity (Wildman–Crippen MR) is 127 cm³/mol. The van der Waals surface area contributed by atoms with E-state index >= 15 is 0 Å². The van der Waals surface area contributed by atoms with Gasteiger partial charge in [-0.15, -0.1) is 0 Å². The van der Waals surface area contributed by atoms with E-state index in [0.29, 0.717) is 18.6 Å². The molecule has 8 heteroatoms. The first-order valence-corrected chi connectivity index (χ1v) is 13.6. The zero-order chi connectivity index (χ0) is 22.4. The lowest BCUT2D eigenvalue weighted by Gasteiger charge is -2.33. The molecule has 0 radical (unpaired) electrons. The molecule has 4 atom stereocenters. The second-order valence-corrected chi connectivity index (χ2v) is 11.6. The third-order valence-corrected chi connectivity index (χ3v) is 9.04. The minimum absolute atomic E-state index is 0.0305. The molecule has 31 heavy (non-hydrogen) atoms. The van der Waals surface area contributed by atoms with Crippen LogP contribution in [0.15, 0.2) is 18.2 Å². The van der Waals surface area contributed by atoms with Crippen LogP contribution in [0.4, 0.5) is 0 Å². The summed E-state index contributed by atoms with van der Waals surface area (Å²) in [5.74, 6) is 0.920. The Morgan fingerprint density at radius 2 is 2.16 bits per heavy atom. The number of benzene rings is 1. The second-order valence-electron chi connectivity index (χ2n) is 8.80. The number of amides is 1. The van der Waals surface area contributed by atoms with Crippen LogP contribution in [0, 0.1) is 11.8 Å². The van der Waals surface area contributed by atoms with Gasteiger partial charge in [0.15, 0.2) is 0 Å².